The highest BCUT2D eigenvalue weighted by atomic mass is 19.4. The Morgan fingerprint density at radius 2 is 1.54 bits per heavy atom. The molecule has 2 fully saturated rings. The van der Waals surface area contributed by atoms with Crippen molar-refractivity contribution in [3.63, 3.8) is 0 Å². The zero-order valence-corrected chi connectivity index (χ0v) is 21.5. The van der Waals surface area contributed by atoms with Gasteiger partial charge in [0.1, 0.15) is 0 Å². The highest BCUT2D eigenvalue weighted by molar-refractivity contribution is 6.13. The number of hydrogen-bond acceptors (Lipinski definition) is 2. The smallest absolute Gasteiger partial charge is 0.346 e. The van der Waals surface area contributed by atoms with Crippen LogP contribution in [0.4, 0.5) is 36.4 Å². The first-order valence-electron chi connectivity index (χ1n) is 12.8. The summed E-state index contributed by atoms with van der Waals surface area (Å²) in [5.41, 5.74) is -7.03. The fourth-order valence-corrected chi connectivity index (χ4v) is 5.58. The minimum atomic E-state index is -6.25. The molecule has 0 radical (unpaired) electrons. The van der Waals surface area contributed by atoms with Crippen molar-refractivity contribution in [1.29, 1.82) is 0 Å². The lowest BCUT2D eigenvalue weighted by Crippen LogP contribution is -2.50. The molecule has 0 bridgehead atoms. The molecule has 11 heteroatoms. The van der Waals surface area contributed by atoms with Crippen LogP contribution >= 0.6 is 0 Å². The summed E-state index contributed by atoms with van der Waals surface area (Å²) in [6.07, 6.45) is -6.06. The molecule has 0 atom stereocenters. The molecule has 4 nitrogen and oxygen atoms in total. The Morgan fingerprint density at radius 1 is 0.923 bits per heavy atom. The number of anilines is 1. The molecule has 0 aliphatic heterocycles. The molecule has 0 aromatic heterocycles. The Balaban J connectivity index is 1.62. The summed E-state index contributed by atoms with van der Waals surface area (Å²) in [6.45, 7) is 2.98. The summed E-state index contributed by atoms with van der Waals surface area (Å²) in [5.74, 6) is -0.786. The van der Waals surface area contributed by atoms with Gasteiger partial charge in [-0.25, -0.2) is 4.39 Å². The SMILES string of the molecule is CCc1cccc(C(=O)Nc2ccc(C(F)(C(F)(F)F)C(F)(F)F)cc2C)c1C(=O)NC1(C2CCCC2)CC1. The van der Waals surface area contributed by atoms with E-state index < -0.39 is 35.4 Å². The van der Waals surface area contributed by atoms with E-state index in [0.717, 1.165) is 51.5 Å². The van der Waals surface area contributed by atoms with Crippen LogP contribution in [0.5, 0.6) is 0 Å². The first-order chi connectivity index (χ1) is 18.1. The Hall–Kier alpha value is -3.11. The van der Waals surface area contributed by atoms with Gasteiger partial charge in [0.15, 0.2) is 0 Å². The number of rotatable bonds is 7. The summed E-state index contributed by atoms with van der Waals surface area (Å²) in [7, 11) is 0. The predicted octanol–water partition coefficient (Wildman–Crippen LogP) is 7.55. The van der Waals surface area contributed by atoms with E-state index in [1.165, 1.54) is 6.07 Å². The molecule has 2 amide bonds. The maximum atomic E-state index is 14.5. The first kappa shape index (κ1) is 28.9. The van der Waals surface area contributed by atoms with Gasteiger partial charge in [0.25, 0.3) is 11.8 Å². The molecule has 2 aliphatic rings. The zero-order valence-electron chi connectivity index (χ0n) is 21.5. The molecular weight excluding hydrogens is 529 g/mol. The average molecular weight is 559 g/mol. The van der Waals surface area contributed by atoms with Gasteiger partial charge in [-0.3, -0.25) is 9.59 Å². The molecule has 212 valence electrons. The summed E-state index contributed by atoms with van der Waals surface area (Å²) in [6, 6.07) is 6.28. The number of amides is 2. The van der Waals surface area contributed by atoms with Gasteiger partial charge in [0.2, 0.25) is 0 Å². The van der Waals surface area contributed by atoms with Crippen LogP contribution in [0, 0.1) is 12.8 Å². The van der Waals surface area contributed by atoms with Crippen LogP contribution in [-0.2, 0) is 12.1 Å². The molecule has 0 unspecified atom stereocenters. The van der Waals surface area contributed by atoms with Crippen molar-refractivity contribution < 1.29 is 40.3 Å². The van der Waals surface area contributed by atoms with Crippen molar-refractivity contribution >= 4 is 17.5 Å². The Morgan fingerprint density at radius 3 is 2.05 bits per heavy atom. The Kier molecular flexibility index (Phi) is 7.50. The molecule has 4 rings (SSSR count). The van der Waals surface area contributed by atoms with Gasteiger partial charge in [-0.1, -0.05) is 44.0 Å². The number of benzene rings is 2. The summed E-state index contributed by atoms with van der Waals surface area (Å²) >= 11 is 0. The van der Waals surface area contributed by atoms with Crippen LogP contribution in [-0.4, -0.2) is 29.7 Å². The first-order valence-corrected chi connectivity index (χ1v) is 12.8. The van der Waals surface area contributed by atoms with Gasteiger partial charge < -0.3 is 10.6 Å². The predicted molar refractivity (Wildman–Crippen MR) is 131 cm³/mol. The molecule has 2 aliphatic carbocycles. The molecular formula is C28H29F7N2O2. The topological polar surface area (TPSA) is 58.2 Å². The minimum Gasteiger partial charge on any atom is -0.346 e. The van der Waals surface area contributed by atoms with Crippen LogP contribution in [0.1, 0.15) is 82.9 Å². The van der Waals surface area contributed by atoms with E-state index in [9.17, 15) is 40.3 Å². The third-order valence-electron chi connectivity index (χ3n) is 7.94. The zero-order chi connectivity index (χ0) is 28.8. The van der Waals surface area contributed by atoms with Crippen LogP contribution < -0.4 is 10.6 Å². The number of hydrogen-bond donors (Lipinski definition) is 2. The standard InChI is InChI=1S/C28H29F7N2O2/c1-3-17-7-6-10-20(22(17)24(39)37-25(13-14-25)18-8-4-5-9-18)23(38)36-21-12-11-19(15-16(21)2)26(29,27(30,31)32)28(33,34)35/h6-7,10-12,15,18H,3-5,8-9,13-14H2,1-2H3,(H,36,38)(H,37,39). The van der Waals surface area contributed by atoms with Crippen LogP contribution in [0.3, 0.4) is 0 Å². The van der Waals surface area contributed by atoms with E-state index in [0.29, 0.717) is 30.0 Å². The second-order valence-corrected chi connectivity index (χ2v) is 10.4. The van der Waals surface area contributed by atoms with Gasteiger partial charge >= 0.3 is 18.0 Å². The number of aryl methyl sites for hydroxylation is 2. The fraction of sp³-hybridized carbons (Fsp3) is 0.500. The van der Waals surface area contributed by atoms with E-state index in [2.05, 4.69) is 10.6 Å². The van der Waals surface area contributed by atoms with E-state index in [4.69, 9.17) is 0 Å². The number of carbonyl (C=O) groups excluding carboxylic acids is 2. The van der Waals surface area contributed by atoms with Crippen LogP contribution in [0.2, 0.25) is 0 Å². The van der Waals surface area contributed by atoms with Gasteiger partial charge in [0, 0.05) is 16.8 Å². The molecule has 0 spiro atoms. The average Bonchev–Trinajstić information content (AvgIpc) is 3.41. The maximum Gasteiger partial charge on any atom is 0.435 e. The Labute approximate surface area is 221 Å². The van der Waals surface area contributed by atoms with Crippen molar-refractivity contribution in [2.24, 2.45) is 5.92 Å². The number of carbonyl (C=O) groups is 2. The molecule has 39 heavy (non-hydrogen) atoms. The lowest BCUT2D eigenvalue weighted by Gasteiger charge is -2.30. The maximum absolute atomic E-state index is 14.5. The van der Waals surface area contributed by atoms with E-state index in [-0.39, 0.29) is 27.9 Å². The summed E-state index contributed by atoms with van der Waals surface area (Å²) in [4.78, 5) is 26.8. The van der Waals surface area contributed by atoms with Gasteiger partial charge in [-0.05, 0) is 68.2 Å². The molecule has 0 heterocycles. The van der Waals surface area contributed by atoms with Crippen LogP contribution in [0.15, 0.2) is 36.4 Å². The summed E-state index contributed by atoms with van der Waals surface area (Å²) < 4.78 is 93.4. The number of nitrogens with one attached hydrogen (secondary N) is 2. The fourth-order valence-electron chi connectivity index (χ4n) is 5.58. The highest BCUT2D eigenvalue weighted by Gasteiger charge is 2.73. The third kappa shape index (κ3) is 5.24. The minimum absolute atomic E-state index is 0.0166. The molecule has 0 saturated heterocycles. The molecule has 2 aromatic carbocycles. The number of halogens is 7. The third-order valence-corrected chi connectivity index (χ3v) is 7.94. The van der Waals surface area contributed by atoms with Gasteiger partial charge in [-0.15, -0.1) is 0 Å². The molecule has 2 saturated carbocycles. The van der Waals surface area contributed by atoms with Crippen molar-refractivity contribution in [2.45, 2.75) is 82.4 Å². The highest BCUT2D eigenvalue weighted by Crippen LogP contribution is 2.53. The Bertz CT molecular complexity index is 1250. The molecule has 2 aromatic rings. The quantitative estimate of drug-likeness (QED) is 0.345. The van der Waals surface area contributed by atoms with Crippen LogP contribution in [0.25, 0.3) is 0 Å². The second-order valence-electron chi connectivity index (χ2n) is 10.4. The van der Waals surface area contributed by atoms with E-state index in [1.54, 1.807) is 12.1 Å². The van der Waals surface area contributed by atoms with Crippen molar-refractivity contribution in [3.05, 3.63) is 64.2 Å². The van der Waals surface area contributed by atoms with Crippen molar-refractivity contribution in [3.8, 4) is 0 Å². The van der Waals surface area contributed by atoms with E-state index in [1.807, 2.05) is 6.92 Å². The normalized spacial score (nSPS) is 17.7. The molecule has 2 N–H and O–H groups in total. The van der Waals surface area contributed by atoms with Crippen molar-refractivity contribution in [2.75, 3.05) is 5.32 Å². The monoisotopic (exact) mass is 558 g/mol. The largest absolute Gasteiger partial charge is 0.435 e. The van der Waals surface area contributed by atoms with E-state index >= 15 is 0 Å². The second kappa shape index (κ2) is 10.1. The van der Waals surface area contributed by atoms with Gasteiger partial charge in [-0.2, -0.15) is 26.3 Å². The van der Waals surface area contributed by atoms with Crippen molar-refractivity contribution in [1.82, 2.24) is 5.32 Å². The van der Waals surface area contributed by atoms with Gasteiger partial charge in [0.05, 0.1) is 11.1 Å². The lowest BCUT2D eigenvalue weighted by atomic mass is 9.92. The summed E-state index contributed by atoms with van der Waals surface area (Å²) in [5, 5.41) is 5.61. The number of alkyl halides is 7. The lowest BCUT2D eigenvalue weighted by molar-refractivity contribution is -0.348.